The lowest BCUT2D eigenvalue weighted by molar-refractivity contribution is -0.148. The molecule has 0 spiro atoms. The van der Waals surface area contributed by atoms with E-state index in [0.717, 1.165) is 22.3 Å². The van der Waals surface area contributed by atoms with Gasteiger partial charge in [0.2, 0.25) is 5.91 Å². The maximum Gasteiger partial charge on any atom is 0.407 e. The molecule has 2 aromatic carbocycles. The van der Waals surface area contributed by atoms with Crippen molar-refractivity contribution in [2.45, 2.75) is 50.8 Å². The Labute approximate surface area is 198 Å². The van der Waals surface area contributed by atoms with E-state index in [9.17, 15) is 19.5 Å². The number of carbonyl (C=O) groups is 3. The number of nitrogens with one attached hydrogen (secondary N) is 2. The first-order valence-corrected chi connectivity index (χ1v) is 11.6. The minimum Gasteiger partial charge on any atom is -0.479 e. The molecule has 1 heterocycles. The normalized spacial score (nSPS) is 19.9. The van der Waals surface area contributed by atoms with Crippen molar-refractivity contribution in [3.05, 3.63) is 59.7 Å². The van der Waals surface area contributed by atoms with Crippen LogP contribution in [0.25, 0.3) is 11.1 Å². The number of carboxylic acid groups (broad SMARTS) is 1. The van der Waals surface area contributed by atoms with Crippen LogP contribution in [0.3, 0.4) is 0 Å². The first-order valence-electron chi connectivity index (χ1n) is 11.6. The van der Waals surface area contributed by atoms with Gasteiger partial charge < -0.3 is 25.2 Å². The molecule has 34 heavy (non-hydrogen) atoms. The molecule has 8 heteroatoms. The average molecular weight is 467 g/mol. The standard InChI is InChI=1S/C26H30N2O6/c1-15(2)13-22(24(29)27-21-11-12-33-23(21)25(30)31)28-26(32)34-14-20-18-9-5-3-7-16(18)17-8-4-6-10-19(17)20/h3-10,15,20-23H,11-14H2,1-2H3,(H,27,29)(H,28,32)(H,30,31)/t21-,22+,23+/m1/s1. The van der Waals surface area contributed by atoms with Crippen LogP contribution >= 0.6 is 0 Å². The Bertz CT molecular complexity index is 1020. The molecule has 3 atom stereocenters. The molecule has 3 N–H and O–H groups in total. The maximum absolute atomic E-state index is 12.9. The summed E-state index contributed by atoms with van der Waals surface area (Å²) in [5.74, 6) is -1.51. The first kappa shape index (κ1) is 23.8. The summed E-state index contributed by atoms with van der Waals surface area (Å²) in [7, 11) is 0. The van der Waals surface area contributed by atoms with E-state index in [2.05, 4.69) is 22.8 Å². The van der Waals surface area contributed by atoms with Gasteiger partial charge >= 0.3 is 12.1 Å². The molecule has 8 nitrogen and oxygen atoms in total. The third-order valence-electron chi connectivity index (χ3n) is 6.32. The van der Waals surface area contributed by atoms with E-state index in [-0.39, 0.29) is 25.0 Å². The van der Waals surface area contributed by atoms with Gasteiger partial charge in [-0.1, -0.05) is 62.4 Å². The summed E-state index contributed by atoms with van der Waals surface area (Å²) in [6.45, 7) is 4.29. The monoisotopic (exact) mass is 466 g/mol. The third kappa shape index (κ3) is 5.07. The quantitative estimate of drug-likeness (QED) is 0.550. The number of rotatable bonds is 8. The van der Waals surface area contributed by atoms with Crippen LogP contribution in [-0.4, -0.2) is 54.5 Å². The molecule has 2 aliphatic rings. The Morgan fingerprint density at radius 3 is 2.26 bits per heavy atom. The second kappa shape index (κ2) is 10.3. The van der Waals surface area contributed by atoms with Crippen LogP contribution in [-0.2, 0) is 19.1 Å². The highest BCUT2D eigenvalue weighted by Gasteiger charge is 2.37. The summed E-state index contributed by atoms with van der Waals surface area (Å²) in [5.41, 5.74) is 4.48. The molecule has 0 radical (unpaired) electrons. The Morgan fingerprint density at radius 1 is 1.06 bits per heavy atom. The van der Waals surface area contributed by atoms with Crippen LogP contribution < -0.4 is 10.6 Å². The zero-order chi connectivity index (χ0) is 24.2. The number of benzene rings is 2. The van der Waals surface area contributed by atoms with Gasteiger partial charge in [0.1, 0.15) is 12.6 Å². The van der Waals surface area contributed by atoms with Gasteiger partial charge in [-0.15, -0.1) is 0 Å². The number of alkyl carbamates (subject to hydrolysis) is 1. The Morgan fingerprint density at radius 2 is 1.68 bits per heavy atom. The average Bonchev–Trinajstić information content (AvgIpc) is 3.39. The van der Waals surface area contributed by atoms with Gasteiger partial charge in [-0.3, -0.25) is 4.79 Å². The van der Waals surface area contributed by atoms with E-state index < -0.39 is 36.2 Å². The fourth-order valence-electron chi connectivity index (χ4n) is 4.75. The molecule has 2 amide bonds. The van der Waals surface area contributed by atoms with E-state index >= 15 is 0 Å². The molecule has 1 aliphatic heterocycles. The van der Waals surface area contributed by atoms with Crippen molar-refractivity contribution in [1.82, 2.24) is 10.6 Å². The number of hydrogen-bond acceptors (Lipinski definition) is 5. The molecule has 1 saturated heterocycles. The Balaban J connectivity index is 1.40. The number of fused-ring (bicyclic) bond motifs is 3. The number of hydrogen-bond donors (Lipinski definition) is 3. The highest BCUT2D eigenvalue weighted by Crippen LogP contribution is 2.44. The van der Waals surface area contributed by atoms with Crippen molar-refractivity contribution in [2.24, 2.45) is 5.92 Å². The summed E-state index contributed by atoms with van der Waals surface area (Å²) in [4.78, 5) is 36.9. The second-order valence-electron chi connectivity index (χ2n) is 9.19. The lowest BCUT2D eigenvalue weighted by Gasteiger charge is -2.24. The summed E-state index contributed by atoms with van der Waals surface area (Å²) in [5, 5.41) is 14.7. The van der Waals surface area contributed by atoms with Crippen LogP contribution in [0, 0.1) is 5.92 Å². The first-order chi connectivity index (χ1) is 16.3. The van der Waals surface area contributed by atoms with E-state index in [4.69, 9.17) is 9.47 Å². The molecule has 0 bridgehead atoms. The minimum absolute atomic E-state index is 0.0810. The van der Waals surface area contributed by atoms with Crippen molar-refractivity contribution >= 4 is 18.0 Å². The van der Waals surface area contributed by atoms with Crippen LogP contribution in [0.5, 0.6) is 0 Å². The molecule has 2 aromatic rings. The lowest BCUT2D eigenvalue weighted by Crippen LogP contribution is -2.53. The predicted octanol–water partition coefficient (Wildman–Crippen LogP) is 3.30. The minimum atomic E-state index is -1.12. The summed E-state index contributed by atoms with van der Waals surface area (Å²) >= 11 is 0. The summed E-state index contributed by atoms with van der Waals surface area (Å²) < 4.78 is 10.8. The summed E-state index contributed by atoms with van der Waals surface area (Å²) in [6.07, 6.45) is -0.971. The zero-order valence-electron chi connectivity index (χ0n) is 19.3. The highest BCUT2D eigenvalue weighted by molar-refractivity contribution is 5.87. The molecule has 1 aliphatic carbocycles. The van der Waals surface area contributed by atoms with Crippen molar-refractivity contribution in [3.8, 4) is 11.1 Å². The fourth-order valence-corrected chi connectivity index (χ4v) is 4.75. The van der Waals surface area contributed by atoms with Crippen LogP contribution in [0.15, 0.2) is 48.5 Å². The number of amides is 2. The third-order valence-corrected chi connectivity index (χ3v) is 6.32. The second-order valence-corrected chi connectivity index (χ2v) is 9.19. The topological polar surface area (TPSA) is 114 Å². The Kier molecular flexibility index (Phi) is 7.17. The Hall–Kier alpha value is -3.39. The number of aliphatic carboxylic acids is 1. The van der Waals surface area contributed by atoms with E-state index in [1.807, 2.05) is 50.2 Å². The molecular formula is C26H30N2O6. The van der Waals surface area contributed by atoms with Crippen LogP contribution in [0.1, 0.15) is 43.7 Å². The van der Waals surface area contributed by atoms with Gasteiger partial charge in [-0.05, 0) is 41.0 Å². The van der Waals surface area contributed by atoms with Crippen LogP contribution in [0.4, 0.5) is 4.79 Å². The smallest absolute Gasteiger partial charge is 0.407 e. The van der Waals surface area contributed by atoms with Gasteiger partial charge in [0.15, 0.2) is 6.10 Å². The van der Waals surface area contributed by atoms with Gasteiger partial charge in [0.05, 0.1) is 6.04 Å². The molecular weight excluding hydrogens is 436 g/mol. The molecule has 1 fully saturated rings. The van der Waals surface area contributed by atoms with E-state index in [1.54, 1.807) is 0 Å². The molecule has 0 unspecified atom stereocenters. The van der Waals surface area contributed by atoms with Gasteiger partial charge in [0.25, 0.3) is 0 Å². The summed E-state index contributed by atoms with van der Waals surface area (Å²) in [6, 6.07) is 14.7. The molecule has 0 saturated carbocycles. The lowest BCUT2D eigenvalue weighted by atomic mass is 9.98. The van der Waals surface area contributed by atoms with Gasteiger partial charge in [-0.25, -0.2) is 9.59 Å². The van der Waals surface area contributed by atoms with E-state index in [0.29, 0.717) is 12.8 Å². The van der Waals surface area contributed by atoms with Crippen molar-refractivity contribution in [3.63, 3.8) is 0 Å². The molecule has 0 aromatic heterocycles. The number of carboxylic acids is 1. The largest absolute Gasteiger partial charge is 0.479 e. The fraction of sp³-hybridized carbons (Fsp3) is 0.423. The number of ether oxygens (including phenoxy) is 2. The van der Waals surface area contributed by atoms with Crippen molar-refractivity contribution < 1.29 is 29.0 Å². The van der Waals surface area contributed by atoms with Crippen molar-refractivity contribution in [2.75, 3.05) is 13.2 Å². The SMILES string of the molecule is CC(C)C[C@H](NC(=O)OCC1c2ccccc2-c2ccccc21)C(=O)N[C@@H]1CCO[C@@H]1C(=O)O. The van der Waals surface area contributed by atoms with E-state index in [1.165, 1.54) is 0 Å². The van der Waals surface area contributed by atoms with Gasteiger partial charge in [-0.2, -0.15) is 0 Å². The number of carbonyl (C=O) groups excluding carboxylic acids is 2. The maximum atomic E-state index is 12.9. The van der Waals surface area contributed by atoms with Crippen molar-refractivity contribution in [1.29, 1.82) is 0 Å². The highest BCUT2D eigenvalue weighted by atomic mass is 16.5. The van der Waals surface area contributed by atoms with Crippen LogP contribution in [0.2, 0.25) is 0 Å². The molecule has 180 valence electrons. The van der Waals surface area contributed by atoms with Gasteiger partial charge in [0, 0.05) is 12.5 Å². The predicted molar refractivity (Wildman–Crippen MR) is 125 cm³/mol. The molecule has 4 rings (SSSR count). The zero-order valence-corrected chi connectivity index (χ0v) is 19.3.